The minimum absolute atomic E-state index is 0.0706. The van der Waals surface area contributed by atoms with Crippen LogP contribution in [0.2, 0.25) is 0 Å². The Kier molecular flexibility index (Phi) is 2.41. The predicted molar refractivity (Wildman–Crippen MR) is 62.1 cm³/mol. The van der Waals surface area contributed by atoms with Gasteiger partial charge >= 0.3 is 0 Å². The van der Waals surface area contributed by atoms with Crippen LogP contribution in [0.25, 0.3) is 0 Å². The number of rotatable bonds is 2. The highest BCUT2D eigenvalue weighted by atomic mass is 32.2. The second kappa shape index (κ2) is 3.95. The van der Waals surface area contributed by atoms with E-state index in [2.05, 4.69) is 15.3 Å². The van der Waals surface area contributed by atoms with Crippen LogP contribution in [-0.2, 0) is 4.79 Å². The quantitative estimate of drug-likeness (QED) is 0.811. The lowest BCUT2D eigenvalue weighted by molar-refractivity contribution is -0.112. The van der Waals surface area contributed by atoms with E-state index in [1.165, 1.54) is 6.07 Å². The number of ketones is 1. The van der Waals surface area contributed by atoms with Gasteiger partial charge in [-0.25, -0.2) is 9.37 Å². The van der Waals surface area contributed by atoms with E-state index < -0.39 is 17.5 Å². The number of anilines is 1. The van der Waals surface area contributed by atoms with E-state index in [0.29, 0.717) is 15.7 Å². The first-order valence-corrected chi connectivity index (χ1v) is 5.83. The molecule has 1 aromatic carbocycles. The summed E-state index contributed by atoms with van der Waals surface area (Å²) in [5.41, 5.74) is 0.404. The molecule has 2 heterocycles. The topological polar surface area (TPSA) is 74.8 Å². The van der Waals surface area contributed by atoms with Gasteiger partial charge in [0.2, 0.25) is 0 Å². The van der Waals surface area contributed by atoms with Crippen molar-refractivity contribution < 1.29 is 14.0 Å². The van der Waals surface area contributed by atoms with E-state index in [1.807, 2.05) is 0 Å². The molecule has 0 aliphatic carbocycles. The van der Waals surface area contributed by atoms with E-state index in [4.69, 9.17) is 0 Å². The van der Waals surface area contributed by atoms with Gasteiger partial charge in [0, 0.05) is 12.4 Å². The van der Waals surface area contributed by atoms with E-state index in [1.54, 1.807) is 12.4 Å². The Hall–Kier alpha value is -2.15. The Bertz CT molecular complexity index is 655. The van der Waals surface area contributed by atoms with Crippen molar-refractivity contribution in [3.63, 3.8) is 0 Å². The molecule has 0 bridgehead atoms. The molecule has 0 unspecified atom stereocenters. The van der Waals surface area contributed by atoms with Gasteiger partial charge in [0.25, 0.3) is 11.7 Å². The Morgan fingerprint density at radius 3 is 2.83 bits per heavy atom. The van der Waals surface area contributed by atoms with Crippen LogP contribution in [0.3, 0.4) is 0 Å². The largest absolute Gasteiger partial charge is 0.339 e. The third-order valence-electron chi connectivity index (χ3n) is 2.45. The Balaban J connectivity index is 2.01. The molecule has 2 aromatic rings. The van der Waals surface area contributed by atoms with Gasteiger partial charge in [0.1, 0.15) is 5.82 Å². The number of benzene rings is 1. The smallest absolute Gasteiger partial charge is 0.296 e. The number of carbonyl (C=O) groups excluding carboxylic acids is 2. The van der Waals surface area contributed by atoms with Crippen molar-refractivity contribution in [3.8, 4) is 0 Å². The normalized spacial score (nSPS) is 13.6. The minimum Gasteiger partial charge on any atom is -0.339 e. The van der Waals surface area contributed by atoms with Gasteiger partial charge < -0.3 is 10.3 Å². The fourth-order valence-electron chi connectivity index (χ4n) is 1.64. The lowest BCUT2D eigenvalue weighted by Crippen LogP contribution is -2.12. The zero-order chi connectivity index (χ0) is 12.7. The van der Waals surface area contributed by atoms with Crippen LogP contribution in [0.1, 0.15) is 10.4 Å². The molecular formula is C11H6FN3O2S. The average Bonchev–Trinajstić information content (AvgIpc) is 2.92. The Labute approximate surface area is 105 Å². The van der Waals surface area contributed by atoms with Crippen molar-refractivity contribution in [3.05, 3.63) is 35.9 Å². The maximum atomic E-state index is 13.8. The molecule has 90 valence electrons. The molecule has 7 heteroatoms. The number of aromatic nitrogens is 2. The van der Waals surface area contributed by atoms with Gasteiger partial charge in [-0.05, 0) is 23.9 Å². The number of hydrogen-bond donors (Lipinski definition) is 2. The summed E-state index contributed by atoms with van der Waals surface area (Å²) < 4.78 is 13.8. The lowest BCUT2D eigenvalue weighted by atomic mass is 10.1. The Morgan fingerprint density at radius 2 is 2.11 bits per heavy atom. The van der Waals surface area contributed by atoms with Crippen molar-refractivity contribution >= 4 is 29.1 Å². The van der Waals surface area contributed by atoms with Crippen LogP contribution in [-0.4, -0.2) is 21.7 Å². The predicted octanol–water partition coefficient (Wildman–Crippen LogP) is 1.83. The van der Waals surface area contributed by atoms with Crippen molar-refractivity contribution in [1.29, 1.82) is 0 Å². The number of fused-ring (bicyclic) bond motifs is 1. The number of H-pyrrole nitrogens is 1. The molecule has 1 aliphatic rings. The maximum absolute atomic E-state index is 13.8. The zero-order valence-electron chi connectivity index (χ0n) is 8.86. The summed E-state index contributed by atoms with van der Waals surface area (Å²) in [4.78, 5) is 29.6. The highest BCUT2D eigenvalue weighted by molar-refractivity contribution is 7.99. The number of hydrogen-bond acceptors (Lipinski definition) is 4. The number of Topliss-reactive ketones (excluding diaryl/α,β-unsaturated/α-hetero) is 1. The fraction of sp³-hybridized carbons (Fsp3) is 0. The highest BCUT2D eigenvalue weighted by Gasteiger charge is 2.29. The number of halogens is 1. The van der Waals surface area contributed by atoms with Crippen LogP contribution in [0.15, 0.2) is 34.6 Å². The number of nitrogens with one attached hydrogen (secondary N) is 2. The zero-order valence-corrected chi connectivity index (χ0v) is 9.68. The summed E-state index contributed by atoms with van der Waals surface area (Å²) in [6, 6.07) is 2.50. The minimum atomic E-state index is -0.732. The molecule has 1 aliphatic heterocycles. The van der Waals surface area contributed by atoms with E-state index in [-0.39, 0.29) is 5.56 Å². The monoisotopic (exact) mass is 263 g/mol. The standard InChI is InChI=1S/C11H6FN3O2S/c12-6-3-5-7(15-10(17)9(5)16)4-8(6)18-11-13-1-2-14-11/h1-4H,(H,13,14)(H,15,16,17). The molecule has 1 aromatic heterocycles. The van der Waals surface area contributed by atoms with Gasteiger partial charge in [-0.1, -0.05) is 0 Å². The van der Waals surface area contributed by atoms with Crippen LogP contribution >= 0.6 is 11.8 Å². The molecular weight excluding hydrogens is 257 g/mol. The summed E-state index contributed by atoms with van der Waals surface area (Å²) in [5.74, 6) is -2.00. The highest BCUT2D eigenvalue weighted by Crippen LogP contribution is 2.33. The molecule has 0 radical (unpaired) electrons. The molecule has 5 nitrogen and oxygen atoms in total. The lowest BCUT2D eigenvalue weighted by Gasteiger charge is -2.03. The molecule has 18 heavy (non-hydrogen) atoms. The molecule has 0 fully saturated rings. The molecule has 0 spiro atoms. The van der Waals surface area contributed by atoms with Gasteiger partial charge in [-0.2, -0.15) is 0 Å². The summed E-state index contributed by atoms with van der Waals surface area (Å²) in [7, 11) is 0. The third kappa shape index (κ3) is 1.68. The molecule has 0 atom stereocenters. The average molecular weight is 263 g/mol. The number of aromatic amines is 1. The van der Waals surface area contributed by atoms with Gasteiger partial charge in [-0.3, -0.25) is 9.59 Å². The maximum Gasteiger partial charge on any atom is 0.296 e. The fourth-order valence-corrected chi connectivity index (χ4v) is 2.42. The number of carbonyl (C=O) groups is 2. The van der Waals surface area contributed by atoms with Crippen molar-refractivity contribution in [2.75, 3.05) is 5.32 Å². The molecule has 2 N–H and O–H groups in total. The molecule has 1 amide bonds. The van der Waals surface area contributed by atoms with E-state index >= 15 is 0 Å². The second-order valence-corrected chi connectivity index (χ2v) is 4.64. The summed E-state index contributed by atoms with van der Waals surface area (Å²) in [5, 5.41) is 2.93. The van der Waals surface area contributed by atoms with Crippen molar-refractivity contribution in [1.82, 2.24) is 9.97 Å². The van der Waals surface area contributed by atoms with Crippen LogP contribution in [0.5, 0.6) is 0 Å². The first-order valence-electron chi connectivity index (χ1n) is 5.01. The van der Waals surface area contributed by atoms with Crippen LogP contribution in [0.4, 0.5) is 10.1 Å². The number of nitrogens with zero attached hydrogens (tertiary/aromatic N) is 1. The van der Waals surface area contributed by atoms with Gasteiger partial charge in [-0.15, -0.1) is 0 Å². The van der Waals surface area contributed by atoms with Crippen molar-refractivity contribution in [2.45, 2.75) is 10.1 Å². The molecule has 0 saturated heterocycles. The Morgan fingerprint density at radius 1 is 1.28 bits per heavy atom. The molecule has 3 rings (SSSR count). The first-order chi connectivity index (χ1) is 8.65. The second-order valence-electron chi connectivity index (χ2n) is 3.61. The summed E-state index contributed by atoms with van der Waals surface area (Å²) in [6.07, 6.45) is 3.18. The van der Waals surface area contributed by atoms with Crippen molar-refractivity contribution in [2.24, 2.45) is 0 Å². The van der Waals surface area contributed by atoms with E-state index in [9.17, 15) is 14.0 Å². The summed E-state index contributed by atoms with van der Waals surface area (Å²) in [6.45, 7) is 0. The third-order valence-corrected chi connectivity index (χ3v) is 3.40. The van der Waals surface area contributed by atoms with Crippen LogP contribution < -0.4 is 5.32 Å². The van der Waals surface area contributed by atoms with E-state index in [0.717, 1.165) is 17.8 Å². The van der Waals surface area contributed by atoms with Gasteiger partial charge in [0.05, 0.1) is 16.1 Å². The van der Waals surface area contributed by atoms with Crippen LogP contribution in [0, 0.1) is 5.82 Å². The SMILES string of the molecule is O=C1Nc2cc(Sc3ncc[nH]3)c(F)cc2C1=O. The number of amides is 1. The first kappa shape index (κ1) is 11.0. The number of imidazole rings is 1. The molecule has 0 saturated carbocycles. The van der Waals surface area contributed by atoms with Gasteiger partial charge in [0.15, 0.2) is 5.16 Å². The summed E-state index contributed by atoms with van der Waals surface area (Å²) >= 11 is 1.09.